The summed E-state index contributed by atoms with van der Waals surface area (Å²) in [6.45, 7) is 3.23. The summed E-state index contributed by atoms with van der Waals surface area (Å²) in [6, 6.07) is 20.1. The zero-order valence-corrected chi connectivity index (χ0v) is 16.9. The second-order valence-corrected chi connectivity index (χ2v) is 7.62. The fraction of sp³-hybridized carbons (Fsp3) is 0.217. The van der Waals surface area contributed by atoms with Crippen molar-refractivity contribution in [1.82, 2.24) is 30.0 Å². The molecule has 8 heteroatoms. The van der Waals surface area contributed by atoms with Crippen LogP contribution in [0.3, 0.4) is 0 Å². The van der Waals surface area contributed by atoms with E-state index in [0.29, 0.717) is 36.7 Å². The number of halogens is 1. The van der Waals surface area contributed by atoms with Crippen LogP contribution >= 0.6 is 0 Å². The third-order valence-corrected chi connectivity index (χ3v) is 5.61. The van der Waals surface area contributed by atoms with Crippen molar-refractivity contribution < 1.29 is 9.18 Å². The van der Waals surface area contributed by atoms with Crippen LogP contribution in [0.15, 0.2) is 66.7 Å². The van der Waals surface area contributed by atoms with E-state index in [9.17, 15) is 9.18 Å². The zero-order chi connectivity index (χ0) is 21.2. The summed E-state index contributed by atoms with van der Waals surface area (Å²) >= 11 is 0. The van der Waals surface area contributed by atoms with Crippen LogP contribution in [0, 0.1) is 5.82 Å². The lowest BCUT2D eigenvalue weighted by Crippen LogP contribution is -2.48. The van der Waals surface area contributed by atoms with E-state index < -0.39 is 0 Å². The van der Waals surface area contributed by atoms with E-state index in [1.165, 1.54) is 12.1 Å². The van der Waals surface area contributed by atoms with Crippen molar-refractivity contribution in [2.45, 2.75) is 6.54 Å². The number of benzene rings is 3. The van der Waals surface area contributed by atoms with Gasteiger partial charge in [0.15, 0.2) is 5.82 Å². The van der Waals surface area contributed by atoms with E-state index in [1.807, 2.05) is 47.4 Å². The number of tetrazole rings is 1. The van der Waals surface area contributed by atoms with Crippen molar-refractivity contribution in [3.05, 3.63) is 83.9 Å². The Bertz CT molecular complexity index is 1230. The maximum Gasteiger partial charge on any atom is 0.253 e. The Balaban J connectivity index is 1.24. The number of rotatable bonds is 4. The highest BCUT2D eigenvalue weighted by Gasteiger charge is 2.24. The first kappa shape index (κ1) is 19.3. The van der Waals surface area contributed by atoms with Gasteiger partial charge in [0, 0.05) is 31.7 Å². The molecule has 1 aromatic heterocycles. The van der Waals surface area contributed by atoms with Gasteiger partial charge in [-0.2, -0.15) is 4.68 Å². The second kappa shape index (κ2) is 8.23. The Labute approximate surface area is 178 Å². The molecule has 1 saturated heterocycles. The summed E-state index contributed by atoms with van der Waals surface area (Å²) in [5.74, 6) is 0.356. The van der Waals surface area contributed by atoms with Crippen molar-refractivity contribution in [1.29, 1.82) is 0 Å². The molecule has 0 atom stereocenters. The van der Waals surface area contributed by atoms with Crippen molar-refractivity contribution in [3.8, 4) is 5.69 Å². The highest BCUT2D eigenvalue weighted by Crippen LogP contribution is 2.18. The molecule has 4 aromatic rings. The molecule has 1 amide bonds. The van der Waals surface area contributed by atoms with Gasteiger partial charge in [-0.05, 0) is 51.5 Å². The van der Waals surface area contributed by atoms with Crippen LogP contribution in [0.25, 0.3) is 16.5 Å². The topological polar surface area (TPSA) is 67.2 Å². The predicted molar refractivity (Wildman–Crippen MR) is 114 cm³/mol. The molecule has 0 unspecified atom stereocenters. The number of piperazine rings is 1. The number of nitrogens with zero attached hydrogens (tertiary/aromatic N) is 6. The molecule has 0 bridgehead atoms. The summed E-state index contributed by atoms with van der Waals surface area (Å²) in [6.07, 6.45) is 0. The summed E-state index contributed by atoms with van der Waals surface area (Å²) in [7, 11) is 0. The normalized spacial score (nSPS) is 14.8. The van der Waals surface area contributed by atoms with Gasteiger partial charge in [0.1, 0.15) is 5.82 Å². The quantitative estimate of drug-likeness (QED) is 0.512. The molecular weight excluding hydrogens is 395 g/mol. The molecule has 5 rings (SSSR count). The minimum atomic E-state index is -0.334. The maximum atomic E-state index is 13.6. The van der Waals surface area contributed by atoms with Gasteiger partial charge in [-0.3, -0.25) is 9.69 Å². The van der Waals surface area contributed by atoms with Gasteiger partial charge < -0.3 is 4.90 Å². The van der Waals surface area contributed by atoms with Crippen LogP contribution in [-0.4, -0.2) is 62.1 Å². The van der Waals surface area contributed by atoms with Gasteiger partial charge in [0.05, 0.1) is 12.2 Å². The molecule has 156 valence electrons. The molecule has 3 aromatic carbocycles. The van der Waals surface area contributed by atoms with Crippen LogP contribution in [0.1, 0.15) is 16.2 Å². The molecule has 1 aliphatic rings. The summed E-state index contributed by atoms with van der Waals surface area (Å²) in [5.41, 5.74) is 1.30. The Hall–Kier alpha value is -3.65. The predicted octanol–water partition coefficient (Wildman–Crippen LogP) is 2.91. The third kappa shape index (κ3) is 4.02. The van der Waals surface area contributed by atoms with Crippen molar-refractivity contribution in [3.63, 3.8) is 0 Å². The molecule has 1 fully saturated rings. The van der Waals surface area contributed by atoms with Gasteiger partial charge in [-0.15, -0.1) is 5.10 Å². The van der Waals surface area contributed by atoms with E-state index >= 15 is 0 Å². The lowest BCUT2D eigenvalue weighted by Gasteiger charge is -2.34. The van der Waals surface area contributed by atoms with Crippen LogP contribution in [0.5, 0.6) is 0 Å². The van der Waals surface area contributed by atoms with Gasteiger partial charge in [0.2, 0.25) is 0 Å². The second-order valence-electron chi connectivity index (χ2n) is 7.62. The smallest absolute Gasteiger partial charge is 0.253 e. The molecule has 0 spiro atoms. The molecule has 0 radical (unpaired) electrons. The molecule has 0 aliphatic carbocycles. The molecule has 1 aliphatic heterocycles. The van der Waals surface area contributed by atoms with Gasteiger partial charge in [-0.1, -0.05) is 36.4 Å². The average Bonchev–Trinajstić information content (AvgIpc) is 3.27. The Morgan fingerprint density at radius 2 is 1.71 bits per heavy atom. The summed E-state index contributed by atoms with van der Waals surface area (Å²) in [5, 5.41) is 14.0. The minimum absolute atomic E-state index is 0.0509. The maximum absolute atomic E-state index is 13.6. The van der Waals surface area contributed by atoms with E-state index in [2.05, 4.69) is 20.4 Å². The zero-order valence-electron chi connectivity index (χ0n) is 16.9. The molecule has 7 nitrogen and oxygen atoms in total. The van der Waals surface area contributed by atoms with Gasteiger partial charge >= 0.3 is 0 Å². The van der Waals surface area contributed by atoms with E-state index in [1.54, 1.807) is 16.8 Å². The van der Waals surface area contributed by atoms with Crippen LogP contribution in [0.4, 0.5) is 4.39 Å². The highest BCUT2D eigenvalue weighted by atomic mass is 19.1. The number of carbonyl (C=O) groups is 1. The van der Waals surface area contributed by atoms with Crippen molar-refractivity contribution >= 4 is 16.7 Å². The molecule has 0 saturated carbocycles. The lowest BCUT2D eigenvalue weighted by atomic mass is 10.1. The lowest BCUT2D eigenvalue weighted by molar-refractivity contribution is 0.0624. The van der Waals surface area contributed by atoms with E-state index in [-0.39, 0.29) is 11.7 Å². The number of carbonyl (C=O) groups excluding carboxylic acids is 1. The fourth-order valence-electron chi connectivity index (χ4n) is 3.93. The van der Waals surface area contributed by atoms with Crippen LogP contribution in [0.2, 0.25) is 0 Å². The number of hydrogen-bond acceptors (Lipinski definition) is 5. The van der Waals surface area contributed by atoms with Crippen molar-refractivity contribution in [2.24, 2.45) is 0 Å². The van der Waals surface area contributed by atoms with Crippen LogP contribution < -0.4 is 0 Å². The third-order valence-electron chi connectivity index (χ3n) is 5.61. The largest absolute Gasteiger partial charge is 0.336 e. The van der Waals surface area contributed by atoms with Gasteiger partial charge in [-0.25, -0.2) is 4.39 Å². The number of hydrogen-bond donors (Lipinski definition) is 0. The summed E-state index contributed by atoms with van der Waals surface area (Å²) < 4.78 is 15.1. The van der Waals surface area contributed by atoms with Gasteiger partial charge in [0.25, 0.3) is 5.91 Å². The molecule has 31 heavy (non-hydrogen) atoms. The first-order valence-corrected chi connectivity index (χ1v) is 10.2. The van der Waals surface area contributed by atoms with Crippen LogP contribution in [-0.2, 0) is 6.54 Å². The minimum Gasteiger partial charge on any atom is -0.336 e. The van der Waals surface area contributed by atoms with E-state index in [0.717, 1.165) is 23.9 Å². The SMILES string of the molecule is O=C(c1ccc2ccccc2c1)N1CCN(Cc2nnnn2-c2cccc(F)c2)CC1. The number of aromatic nitrogens is 4. The fourth-order valence-corrected chi connectivity index (χ4v) is 3.93. The summed E-state index contributed by atoms with van der Waals surface area (Å²) in [4.78, 5) is 17.1. The number of amides is 1. The number of fused-ring (bicyclic) bond motifs is 1. The Kier molecular flexibility index (Phi) is 5.13. The Morgan fingerprint density at radius 1 is 0.903 bits per heavy atom. The van der Waals surface area contributed by atoms with E-state index in [4.69, 9.17) is 0 Å². The molecule has 0 N–H and O–H groups in total. The average molecular weight is 416 g/mol. The standard InChI is InChI=1S/C23H21FN6O/c24-20-6-3-7-21(15-20)30-22(25-26-27-30)16-28-10-12-29(13-11-28)23(31)19-9-8-17-4-1-2-5-18(17)14-19/h1-9,14-15H,10-13,16H2. The first-order chi connectivity index (χ1) is 15.2. The monoisotopic (exact) mass is 416 g/mol. The van der Waals surface area contributed by atoms with Crippen molar-refractivity contribution in [2.75, 3.05) is 26.2 Å². The first-order valence-electron chi connectivity index (χ1n) is 10.2. The molecular formula is C23H21FN6O. The molecule has 2 heterocycles. The highest BCUT2D eigenvalue weighted by molar-refractivity contribution is 5.98. The Morgan fingerprint density at radius 3 is 2.52 bits per heavy atom.